The van der Waals surface area contributed by atoms with Gasteiger partial charge in [-0.3, -0.25) is 0 Å². The molecule has 0 radical (unpaired) electrons. The van der Waals surface area contributed by atoms with Crippen molar-refractivity contribution in [1.29, 1.82) is 0 Å². The highest BCUT2D eigenvalue weighted by atomic mass is 19.1. The Bertz CT molecular complexity index is 375. The van der Waals surface area contributed by atoms with Gasteiger partial charge in [0.2, 0.25) is 0 Å². The Hall–Kier alpha value is -0.930. The van der Waals surface area contributed by atoms with E-state index >= 15 is 0 Å². The van der Waals surface area contributed by atoms with Gasteiger partial charge in [-0.05, 0) is 57.5 Å². The Balaban J connectivity index is 1.66. The van der Waals surface area contributed by atoms with Gasteiger partial charge in [0.25, 0.3) is 0 Å². The number of rotatable bonds is 6. The average molecular weight is 264 g/mol. The highest BCUT2D eigenvalue weighted by molar-refractivity contribution is 5.17. The third kappa shape index (κ3) is 4.92. The van der Waals surface area contributed by atoms with Crippen LogP contribution in [0.2, 0.25) is 0 Å². The number of piperidine rings is 1. The number of nitrogens with zero attached hydrogens (tertiary/aromatic N) is 1. The minimum atomic E-state index is -0.0788. The van der Waals surface area contributed by atoms with Crippen molar-refractivity contribution in [3.63, 3.8) is 0 Å². The van der Waals surface area contributed by atoms with Gasteiger partial charge in [-0.25, -0.2) is 4.39 Å². The minimum Gasteiger partial charge on any atom is -0.314 e. The molecule has 3 heteroatoms. The lowest BCUT2D eigenvalue weighted by Gasteiger charge is -2.26. The van der Waals surface area contributed by atoms with E-state index in [-0.39, 0.29) is 5.82 Å². The summed E-state index contributed by atoms with van der Waals surface area (Å²) >= 11 is 0. The van der Waals surface area contributed by atoms with E-state index < -0.39 is 0 Å². The van der Waals surface area contributed by atoms with Gasteiger partial charge in [-0.15, -0.1) is 0 Å². The van der Waals surface area contributed by atoms with Crippen LogP contribution >= 0.6 is 0 Å². The van der Waals surface area contributed by atoms with Gasteiger partial charge < -0.3 is 10.2 Å². The smallest absolute Gasteiger partial charge is 0.126 e. The second kappa shape index (κ2) is 7.61. The maximum absolute atomic E-state index is 13.5. The van der Waals surface area contributed by atoms with Gasteiger partial charge >= 0.3 is 0 Å². The summed E-state index contributed by atoms with van der Waals surface area (Å²) in [6.07, 6.45) is 5.98. The van der Waals surface area contributed by atoms with Crippen LogP contribution < -0.4 is 5.32 Å². The molecule has 1 atom stereocenters. The van der Waals surface area contributed by atoms with Gasteiger partial charge in [0.05, 0.1) is 0 Å². The molecule has 1 fully saturated rings. The van der Waals surface area contributed by atoms with Gasteiger partial charge in [-0.1, -0.05) is 24.6 Å². The lowest BCUT2D eigenvalue weighted by molar-refractivity contribution is 0.289. The van der Waals surface area contributed by atoms with Crippen molar-refractivity contribution in [1.82, 2.24) is 10.2 Å². The lowest BCUT2D eigenvalue weighted by Crippen LogP contribution is -2.37. The zero-order valence-corrected chi connectivity index (χ0v) is 11.9. The van der Waals surface area contributed by atoms with Crippen LogP contribution in [0.3, 0.4) is 0 Å². The molecule has 1 N–H and O–H groups in total. The van der Waals surface area contributed by atoms with Gasteiger partial charge in [0, 0.05) is 12.6 Å². The van der Waals surface area contributed by atoms with Crippen LogP contribution in [-0.4, -0.2) is 37.6 Å². The van der Waals surface area contributed by atoms with E-state index in [1.165, 1.54) is 32.2 Å². The number of likely N-dealkylation sites (N-methyl/N-ethyl adjacent to an activating group) is 1. The quantitative estimate of drug-likeness (QED) is 0.850. The molecule has 1 aliphatic rings. The molecule has 0 saturated carbocycles. The number of halogens is 1. The maximum atomic E-state index is 13.5. The standard InChI is InChI=1S/C16H25FN2/c1-19(13-10-15-7-4-5-11-18-15)12-9-14-6-2-3-8-16(14)17/h2-3,6,8,15,18H,4-5,7,9-13H2,1H3. The van der Waals surface area contributed by atoms with Gasteiger partial charge in [0.1, 0.15) is 5.82 Å². The molecule has 2 rings (SSSR count). The molecular formula is C16H25FN2. The Labute approximate surface area is 116 Å². The largest absolute Gasteiger partial charge is 0.314 e. The fourth-order valence-corrected chi connectivity index (χ4v) is 2.67. The van der Waals surface area contributed by atoms with E-state index in [9.17, 15) is 4.39 Å². The highest BCUT2D eigenvalue weighted by Gasteiger charge is 2.13. The van der Waals surface area contributed by atoms with Crippen molar-refractivity contribution in [3.05, 3.63) is 35.6 Å². The van der Waals surface area contributed by atoms with Crippen LogP contribution in [0.25, 0.3) is 0 Å². The molecular weight excluding hydrogens is 239 g/mol. The normalized spacial score (nSPS) is 19.8. The van der Waals surface area contributed by atoms with E-state index in [2.05, 4.69) is 17.3 Å². The Morgan fingerprint density at radius 1 is 1.26 bits per heavy atom. The molecule has 0 bridgehead atoms. The summed E-state index contributed by atoms with van der Waals surface area (Å²) in [5.41, 5.74) is 0.824. The molecule has 0 aliphatic carbocycles. The summed E-state index contributed by atoms with van der Waals surface area (Å²) in [5, 5.41) is 3.57. The number of benzene rings is 1. The summed E-state index contributed by atoms with van der Waals surface area (Å²) in [6, 6.07) is 7.76. The van der Waals surface area contributed by atoms with E-state index in [1.54, 1.807) is 12.1 Å². The Morgan fingerprint density at radius 3 is 2.84 bits per heavy atom. The summed E-state index contributed by atoms with van der Waals surface area (Å²) in [7, 11) is 2.13. The maximum Gasteiger partial charge on any atom is 0.126 e. The predicted octanol–water partition coefficient (Wildman–Crippen LogP) is 2.83. The number of nitrogens with one attached hydrogen (secondary N) is 1. The topological polar surface area (TPSA) is 15.3 Å². The van der Waals surface area contributed by atoms with Crippen molar-refractivity contribution in [2.24, 2.45) is 0 Å². The van der Waals surface area contributed by atoms with Gasteiger partial charge in [0.15, 0.2) is 0 Å². The molecule has 1 aliphatic heterocycles. The highest BCUT2D eigenvalue weighted by Crippen LogP contribution is 2.11. The zero-order chi connectivity index (χ0) is 13.5. The molecule has 0 amide bonds. The van der Waals surface area contributed by atoms with Crippen LogP contribution in [0, 0.1) is 5.82 Å². The summed E-state index contributed by atoms with van der Waals surface area (Å²) in [4.78, 5) is 2.31. The lowest BCUT2D eigenvalue weighted by atomic mass is 10.0. The molecule has 2 nitrogen and oxygen atoms in total. The molecule has 19 heavy (non-hydrogen) atoms. The number of hydrogen-bond acceptors (Lipinski definition) is 2. The molecule has 1 aromatic carbocycles. The van der Waals surface area contributed by atoms with E-state index in [1.807, 2.05) is 12.1 Å². The fourth-order valence-electron chi connectivity index (χ4n) is 2.67. The van der Waals surface area contributed by atoms with Crippen LogP contribution in [-0.2, 0) is 6.42 Å². The molecule has 106 valence electrons. The SMILES string of the molecule is CN(CCc1ccccc1F)CCC1CCCCN1. The molecule has 1 heterocycles. The average Bonchev–Trinajstić information content (AvgIpc) is 2.45. The van der Waals surface area contributed by atoms with Crippen LogP contribution in [0.5, 0.6) is 0 Å². The predicted molar refractivity (Wildman–Crippen MR) is 77.9 cm³/mol. The molecule has 0 spiro atoms. The van der Waals surface area contributed by atoms with Crippen molar-refractivity contribution in [2.45, 2.75) is 38.1 Å². The van der Waals surface area contributed by atoms with Crippen LogP contribution in [0.1, 0.15) is 31.2 Å². The first-order valence-corrected chi connectivity index (χ1v) is 7.41. The Morgan fingerprint density at radius 2 is 2.11 bits per heavy atom. The van der Waals surface area contributed by atoms with Crippen molar-refractivity contribution >= 4 is 0 Å². The molecule has 1 aromatic rings. The minimum absolute atomic E-state index is 0.0788. The first-order chi connectivity index (χ1) is 9.25. The first kappa shape index (κ1) is 14.5. The van der Waals surface area contributed by atoms with Gasteiger partial charge in [-0.2, -0.15) is 0 Å². The van der Waals surface area contributed by atoms with Crippen LogP contribution in [0.4, 0.5) is 4.39 Å². The zero-order valence-electron chi connectivity index (χ0n) is 11.9. The fraction of sp³-hybridized carbons (Fsp3) is 0.625. The number of hydrogen-bond donors (Lipinski definition) is 1. The monoisotopic (exact) mass is 264 g/mol. The van der Waals surface area contributed by atoms with Crippen LogP contribution in [0.15, 0.2) is 24.3 Å². The molecule has 1 saturated heterocycles. The van der Waals surface area contributed by atoms with E-state index in [0.29, 0.717) is 6.04 Å². The first-order valence-electron chi connectivity index (χ1n) is 7.41. The molecule has 1 unspecified atom stereocenters. The summed E-state index contributed by atoms with van der Waals surface area (Å²) < 4.78 is 13.5. The van der Waals surface area contributed by atoms with Crippen molar-refractivity contribution < 1.29 is 4.39 Å². The third-order valence-corrected chi connectivity index (χ3v) is 3.99. The second-order valence-corrected chi connectivity index (χ2v) is 5.58. The molecule has 0 aromatic heterocycles. The summed E-state index contributed by atoms with van der Waals surface area (Å²) in [6.45, 7) is 3.18. The third-order valence-electron chi connectivity index (χ3n) is 3.99. The Kier molecular flexibility index (Phi) is 5.80. The van der Waals surface area contributed by atoms with E-state index in [4.69, 9.17) is 0 Å². The second-order valence-electron chi connectivity index (χ2n) is 5.58. The van der Waals surface area contributed by atoms with Crippen molar-refractivity contribution in [2.75, 3.05) is 26.7 Å². The summed E-state index contributed by atoms with van der Waals surface area (Å²) in [5.74, 6) is -0.0788. The van der Waals surface area contributed by atoms with E-state index in [0.717, 1.165) is 25.1 Å². The van der Waals surface area contributed by atoms with Crippen molar-refractivity contribution in [3.8, 4) is 0 Å².